The third-order valence-corrected chi connectivity index (χ3v) is 4.01. The molecule has 1 heterocycles. The zero-order chi connectivity index (χ0) is 21.6. The molecule has 2 N–H and O–H groups in total. The third kappa shape index (κ3) is 5.61. The molecular formula is C18H21F3N2O6. The number of hydrogen-bond donors (Lipinski definition) is 2. The molecule has 0 radical (unpaired) electrons. The van der Waals surface area contributed by atoms with Crippen LogP contribution in [0, 0.1) is 0 Å². The van der Waals surface area contributed by atoms with Crippen molar-refractivity contribution in [1.82, 2.24) is 4.90 Å². The van der Waals surface area contributed by atoms with E-state index >= 15 is 0 Å². The standard InChI is InChI=1S/C18H21F3N2O6/c1-27-5-6-29-13-8-11(18(19,20)21)7-12(9-13)22-15-14(17(26)28-2)10-23(3-4-24)16(15)25/h7-9,22,24H,3-6,10H2,1-2H3. The maximum atomic E-state index is 13.3. The maximum Gasteiger partial charge on any atom is 0.416 e. The Hall–Kier alpha value is -2.79. The van der Waals surface area contributed by atoms with Crippen LogP contribution in [0.1, 0.15) is 5.56 Å². The highest BCUT2D eigenvalue weighted by molar-refractivity contribution is 6.08. The first-order chi connectivity index (χ1) is 13.7. The summed E-state index contributed by atoms with van der Waals surface area (Å²) in [4.78, 5) is 25.7. The molecule has 0 unspecified atom stereocenters. The average Bonchev–Trinajstić information content (AvgIpc) is 2.97. The minimum absolute atomic E-state index is 0.0244. The first-order valence-electron chi connectivity index (χ1n) is 8.54. The fraction of sp³-hybridized carbons (Fsp3) is 0.444. The quantitative estimate of drug-likeness (QED) is 0.462. The minimum atomic E-state index is -4.65. The van der Waals surface area contributed by atoms with Crippen LogP contribution in [0.4, 0.5) is 18.9 Å². The number of carbonyl (C=O) groups is 2. The molecule has 0 saturated heterocycles. The number of anilines is 1. The van der Waals surface area contributed by atoms with E-state index < -0.39 is 23.6 Å². The smallest absolute Gasteiger partial charge is 0.416 e. The van der Waals surface area contributed by atoms with E-state index in [1.54, 1.807) is 0 Å². The molecule has 2 rings (SSSR count). The van der Waals surface area contributed by atoms with Crippen molar-refractivity contribution in [3.8, 4) is 5.75 Å². The number of amides is 1. The van der Waals surface area contributed by atoms with Gasteiger partial charge in [0.05, 0.1) is 38.0 Å². The average molecular weight is 418 g/mol. The Morgan fingerprint density at radius 1 is 1.24 bits per heavy atom. The summed E-state index contributed by atoms with van der Waals surface area (Å²) in [6.07, 6.45) is -4.65. The first-order valence-corrected chi connectivity index (χ1v) is 8.54. The number of β-amino-alcohol motifs (C(OH)–C–C–N with tert-alkyl or cyclic N) is 1. The molecule has 29 heavy (non-hydrogen) atoms. The number of aliphatic hydroxyl groups is 1. The second kappa shape index (κ2) is 9.61. The largest absolute Gasteiger partial charge is 0.491 e. The van der Waals surface area contributed by atoms with Crippen molar-refractivity contribution in [3.05, 3.63) is 35.0 Å². The SMILES string of the molecule is COCCOc1cc(NC2=C(C(=O)OC)CN(CCO)C2=O)cc(C(F)(F)F)c1. The van der Waals surface area contributed by atoms with Crippen molar-refractivity contribution >= 4 is 17.6 Å². The molecule has 1 aliphatic rings. The van der Waals surface area contributed by atoms with E-state index in [0.717, 1.165) is 19.2 Å². The van der Waals surface area contributed by atoms with Crippen molar-refractivity contribution in [2.24, 2.45) is 0 Å². The van der Waals surface area contributed by atoms with Gasteiger partial charge in [-0.3, -0.25) is 4.79 Å². The maximum absolute atomic E-state index is 13.3. The molecule has 0 bridgehead atoms. The molecular weight excluding hydrogens is 397 g/mol. The van der Waals surface area contributed by atoms with Crippen molar-refractivity contribution in [2.45, 2.75) is 6.18 Å². The van der Waals surface area contributed by atoms with Crippen molar-refractivity contribution in [1.29, 1.82) is 0 Å². The lowest BCUT2D eigenvalue weighted by atomic mass is 10.1. The molecule has 1 aliphatic heterocycles. The topological polar surface area (TPSA) is 97.3 Å². The molecule has 11 heteroatoms. The summed E-state index contributed by atoms with van der Waals surface area (Å²) in [5.41, 5.74) is -1.35. The molecule has 0 spiro atoms. The predicted molar refractivity (Wildman–Crippen MR) is 95.1 cm³/mol. The molecule has 160 valence electrons. The van der Waals surface area contributed by atoms with Crippen LogP contribution < -0.4 is 10.1 Å². The summed E-state index contributed by atoms with van der Waals surface area (Å²) in [7, 11) is 2.55. The first kappa shape index (κ1) is 22.5. The molecule has 1 amide bonds. The number of aliphatic hydroxyl groups excluding tert-OH is 1. The molecule has 8 nitrogen and oxygen atoms in total. The lowest BCUT2D eigenvalue weighted by molar-refractivity contribution is -0.138. The van der Waals surface area contributed by atoms with Crippen LogP contribution in [-0.2, 0) is 25.2 Å². The van der Waals surface area contributed by atoms with E-state index in [2.05, 4.69) is 10.1 Å². The molecule has 0 saturated carbocycles. The summed E-state index contributed by atoms with van der Waals surface area (Å²) in [6, 6.07) is 2.90. The van der Waals surface area contributed by atoms with Crippen molar-refractivity contribution in [3.63, 3.8) is 0 Å². The molecule has 0 fully saturated rings. The van der Waals surface area contributed by atoms with E-state index in [1.165, 1.54) is 18.1 Å². The Morgan fingerprint density at radius 2 is 1.97 bits per heavy atom. The van der Waals surface area contributed by atoms with Crippen LogP contribution in [0.5, 0.6) is 5.75 Å². The number of rotatable bonds is 9. The molecule has 0 aromatic heterocycles. The fourth-order valence-electron chi connectivity index (χ4n) is 2.65. The van der Waals surface area contributed by atoms with E-state index in [0.29, 0.717) is 0 Å². The van der Waals surface area contributed by atoms with Gasteiger partial charge < -0.3 is 29.5 Å². The van der Waals surface area contributed by atoms with Crippen LogP contribution >= 0.6 is 0 Å². The minimum Gasteiger partial charge on any atom is -0.491 e. The number of alkyl halides is 3. The van der Waals surface area contributed by atoms with Crippen LogP contribution in [0.2, 0.25) is 0 Å². The second-order valence-electron chi connectivity index (χ2n) is 6.01. The zero-order valence-corrected chi connectivity index (χ0v) is 15.8. The molecule has 1 aromatic carbocycles. The van der Waals surface area contributed by atoms with Gasteiger partial charge in [-0.05, 0) is 12.1 Å². The highest BCUT2D eigenvalue weighted by Gasteiger charge is 2.35. The Labute approximate surface area is 164 Å². The number of nitrogens with zero attached hydrogens (tertiary/aromatic N) is 1. The highest BCUT2D eigenvalue weighted by Crippen LogP contribution is 2.35. The lowest BCUT2D eigenvalue weighted by Gasteiger charge is -2.16. The molecule has 0 aliphatic carbocycles. The van der Waals surface area contributed by atoms with Gasteiger partial charge >= 0.3 is 12.1 Å². The Balaban J connectivity index is 2.39. The van der Waals surface area contributed by atoms with E-state index in [9.17, 15) is 22.8 Å². The van der Waals surface area contributed by atoms with Gasteiger partial charge in [-0.1, -0.05) is 0 Å². The monoisotopic (exact) mass is 418 g/mol. The van der Waals surface area contributed by atoms with Gasteiger partial charge in [0.15, 0.2) is 0 Å². The van der Waals surface area contributed by atoms with Crippen molar-refractivity contribution in [2.75, 3.05) is 52.4 Å². The Kier molecular flexibility index (Phi) is 7.46. The number of benzene rings is 1. The molecule has 0 atom stereocenters. The van der Waals surface area contributed by atoms with Crippen molar-refractivity contribution < 1.29 is 42.1 Å². The zero-order valence-electron chi connectivity index (χ0n) is 15.8. The van der Waals surface area contributed by atoms with Gasteiger partial charge in [-0.2, -0.15) is 13.2 Å². The summed E-state index contributed by atoms with van der Waals surface area (Å²) in [6.45, 7) is -0.320. The fourth-order valence-corrected chi connectivity index (χ4v) is 2.65. The predicted octanol–water partition coefficient (Wildman–Crippen LogP) is 1.40. The Morgan fingerprint density at radius 3 is 2.55 bits per heavy atom. The number of methoxy groups -OCH3 is 2. The second-order valence-corrected chi connectivity index (χ2v) is 6.01. The van der Waals surface area contributed by atoms with Gasteiger partial charge in [-0.15, -0.1) is 0 Å². The van der Waals surface area contributed by atoms with Gasteiger partial charge in [0.2, 0.25) is 0 Å². The Bertz CT molecular complexity index is 794. The van der Waals surface area contributed by atoms with E-state index in [1.807, 2.05) is 0 Å². The molecule has 1 aromatic rings. The van der Waals surface area contributed by atoms with Gasteiger partial charge in [0.25, 0.3) is 5.91 Å². The van der Waals surface area contributed by atoms with Crippen LogP contribution in [0.3, 0.4) is 0 Å². The van der Waals surface area contributed by atoms with Crippen LogP contribution in [-0.4, -0.2) is 69.0 Å². The van der Waals surface area contributed by atoms with E-state index in [4.69, 9.17) is 14.6 Å². The van der Waals surface area contributed by atoms with Crippen LogP contribution in [0.25, 0.3) is 0 Å². The number of carbonyl (C=O) groups excluding carboxylic acids is 2. The summed E-state index contributed by atoms with van der Waals surface area (Å²) in [5.74, 6) is -1.53. The lowest BCUT2D eigenvalue weighted by Crippen LogP contribution is -2.31. The highest BCUT2D eigenvalue weighted by atomic mass is 19.4. The normalized spacial score (nSPS) is 14.4. The number of halogens is 3. The summed E-state index contributed by atoms with van der Waals surface area (Å²) < 4.78 is 54.5. The van der Waals surface area contributed by atoms with Gasteiger partial charge in [-0.25, -0.2) is 4.79 Å². The third-order valence-electron chi connectivity index (χ3n) is 4.01. The van der Waals surface area contributed by atoms with Gasteiger partial charge in [0, 0.05) is 25.4 Å². The van der Waals surface area contributed by atoms with Gasteiger partial charge in [0.1, 0.15) is 18.1 Å². The summed E-state index contributed by atoms with van der Waals surface area (Å²) in [5, 5.41) is 11.6. The summed E-state index contributed by atoms with van der Waals surface area (Å²) >= 11 is 0. The number of esters is 1. The number of nitrogens with one attached hydrogen (secondary N) is 1. The number of hydrogen-bond acceptors (Lipinski definition) is 7. The van der Waals surface area contributed by atoms with E-state index in [-0.39, 0.29) is 55.6 Å². The van der Waals surface area contributed by atoms with Crippen LogP contribution in [0.15, 0.2) is 29.5 Å². The number of ether oxygens (including phenoxy) is 3.